The van der Waals surface area contributed by atoms with Crippen LogP contribution in [0.4, 0.5) is 10.1 Å². The summed E-state index contributed by atoms with van der Waals surface area (Å²) in [4.78, 5) is 2.22. The molecule has 0 saturated carbocycles. The third-order valence-corrected chi connectivity index (χ3v) is 3.22. The van der Waals surface area contributed by atoms with Crippen molar-refractivity contribution in [3.8, 4) is 0 Å². The third-order valence-electron chi connectivity index (χ3n) is 3.22. The van der Waals surface area contributed by atoms with Gasteiger partial charge in [0.1, 0.15) is 5.82 Å². The van der Waals surface area contributed by atoms with Gasteiger partial charge in [0.15, 0.2) is 0 Å². The van der Waals surface area contributed by atoms with E-state index < -0.39 is 0 Å². The minimum Gasteiger partial charge on any atom is -0.396 e. The lowest BCUT2D eigenvalue weighted by Crippen LogP contribution is -2.38. The summed E-state index contributed by atoms with van der Waals surface area (Å²) in [6, 6.07) is 5.80. The summed E-state index contributed by atoms with van der Waals surface area (Å²) in [6.45, 7) is 4.36. The van der Waals surface area contributed by atoms with Crippen LogP contribution < -0.4 is 4.90 Å². The third kappa shape index (κ3) is 1.80. The van der Waals surface area contributed by atoms with Gasteiger partial charge in [-0.25, -0.2) is 4.39 Å². The summed E-state index contributed by atoms with van der Waals surface area (Å²) in [5.41, 5.74) is 1.79. The van der Waals surface area contributed by atoms with E-state index in [2.05, 4.69) is 18.7 Å². The van der Waals surface area contributed by atoms with Gasteiger partial charge in [-0.05, 0) is 38.8 Å². The lowest BCUT2D eigenvalue weighted by molar-refractivity contribution is 0.272. The molecule has 0 saturated heterocycles. The summed E-state index contributed by atoms with van der Waals surface area (Å²) in [6.07, 6.45) is 1.41. The Bertz CT molecular complexity index is 378. The van der Waals surface area contributed by atoms with Gasteiger partial charge in [-0.1, -0.05) is 6.07 Å². The van der Waals surface area contributed by atoms with E-state index in [-0.39, 0.29) is 18.5 Å². The van der Waals surface area contributed by atoms with Gasteiger partial charge in [0.2, 0.25) is 0 Å². The van der Waals surface area contributed by atoms with Crippen molar-refractivity contribution in [1.82, 2.24) is 0 Å². The Morgan fingerprint density at radius 2 is 2.25 bits per heavy atom. The monoisotopic (exact) mass is 223 g/mol. The molecule has 0 radical (unpaired) electrons. The van der Waals surface area contributed by atoms with Crippen molar-refractivity contribution in [2.45, 2.75) is 38.8 Å². The fourth-order valence-electron chi connectivity index (χ4n) is 2.61. The molecule has 0 bridgehead atoms. The van der Waals surface area contributed by atoms with E-state index in [4.69, 9.17) is 5.11 Å². The van der Waals surface area contributed by atoms with Crippen molar-refractivity contribution in [3.63, 3.8) is 0 Å². The summed E-state index contributed by atoms with van der Waals surface area (Å²) in [5.74, 6) is -0.122. The Hall–Kier alpha value is -1.09. The van der Waals surface area contributed by atoms with Gasteiger partial charge in [-0.2, -0.15) is 0 Å². The average molecular weight is 223 g/mol. The minimum atomic E-state index is -0.122. The average Bonchev–Trinajstić information content (AvgIpc) is 2.58. The first-order valence-corrected chi connectivity index (χ1v) is 5.81. The number of hydrogen-bond acceptors (Lipinski definition) is 2. The van der Waals surface area contributed by atoms with Gasteiger partial charge >= 0.3 is 0 Å². The molecular weight excluding hydrogens is 205 g/mol. The second-order valence-corrected chi connectivity index (χ2v) is 4.61. The van der Waals surface area contributed by atoms with E-state index in [1.54, 1.807) is 6.07 Å². The first-order chi connectivity index (χ1) is 7.65. The van der Waals surface area contributed by atoms with E-state index in [1.165, 1.54) is 6.07 Å². The maximum Gasteiger partial charge on any atom is 0.128 e. The number of hydrogen-bond donors (Lipinski definition) is 1. The first-order valence-electron chi connectivity index (χ1n) is 5.81. The highest BCUT2D eigenvalue weighted by molar-refractivity contribution is 5.60. The summed E-state index contributed by atoms with van der Waals surface area (Å²) in [5, 5.41) is 9.05. The molecule has 1 atom stereocenters. The van der Waals surface area contributed by atoms with Crippen LogP contribution in [0.15, 0.2) is 18.2 Å². The highest BCUT2D eigenvalue weighted by Gasteiger charge is 2.32. The van der Waals surface area contributed by atoms with Crippen LogP contribution in [0.3, 0.4) is 0 Å². The topological polar surface area (TPSA) is 23.5 Å². The molecule has 1 unspecified atom stereocenters. The lowest BCUT2D eigenvalue weighted by atomic mass is 10.1. The Morgan fingerprint density at radius 1 is 1.50 bits per heavy atom. The van der Waals surface area contributed by atoms with Crippen molar-refractivity contribution in [2.24, 2.45) is 0 Å². The maximum atomic E-state index is 13.7. The molecule has 3 heteroatoms. The standard InChI is InChI=1S/C13H18FNO/c1-9(2)15-10(6-7-16)8-11-12(14)4-3-5-13(11)15/h3-5,9-10,16H,6-8H2,1-2H3. The molecule has 0 spiro atoms. The molecule has 1 heterocycles. The van der Waals surface area contributed by atoms with E-state index in [0.717, 1.165) is 11.3 Å². The number of aliphatic hydroxyl groups is 1. The second-order valence-electron chi connectivity index (χ2n) is 4.61. The maximum absolute atomic E-state index is 13.7. The van der Waals surface area contributed by atoms with Crippen molar-refractivity contribution in [3.05, 3.63) is 29.6 Å². The van der Waals surface area contributed by atoms with Crippen molar-refractivity contribution >= 4 is 5.69 Å². The number of fused-ring (bicyclic) bond motifs is 1. The van der Waals surface area contributed by atoms with E-state index in [0.29, 0.717) is 18.9 Å². The normalized spacial score (nSPS) is 19.3. The number of rotatable bonds is 3. The lowest BCUT2D eigenvalue weighted by Gasteiger charge is -2.31. The highest BCUT2D eigenvalue weighted by atomic mass is 19.1. The van der Waals surface area contributed by atoms with Gasteiger partial charge in [0.25, 0.3) is 0 Å². The molecule has 0 aromatic heterocycles. The number of aliphatic hydroxyl groups excluding tert-OH is 1. The minimum absolute atomic E-state index is 0.122. The SMILES string of the molecule is CC(C)N1c2cccc(F)c2CC1CCO. The molecule has 88 valence electrons. The zero-order valence-corrected chi connectivity index (χ0v) is 9.78. The summed E-state index contributed by atoms with van der Waals surface area (Å²) >= 11 is 0. The number of benzene rings is 1. The van der Waals surface area contributed by atoms with Crippen LogP contribution >= 0.6 is 0 Å². The predicted molar refractivity (Wildman–Crippen MR) is 63.2 cm³/mol. The van der Waals surface area contributed by atoms with Crippen LogP contribution in [0.2, 0.25) is 0 Å². The van der Waals surface area contributed by atoms with Crippen LogP contribution in [0.1, 0.15) is 25.8 Å². The Morgan fingerprint density at radius 3 is 2.88 bits per heavy atom. The molecular formula is C13H18FNO. The molecule has 0 amide bonds. The van der Waals surface area contributed by atoms with Gasteiger partial charge in [0, 0.05) is 29.9 Å². The number of anilines is 1. The Balaban J connectivity index is 2.37. The van der Waals surface area contributed by atoms with Gasteiger partial charge in [-0.3, -0.25) is 0 Å². The molecule has 1 aromatic rings. The molecule has 0 fully saturated rings. The van der Waals surface area contributed by atoms with E-state index >= 15 is 0 Å². The van der Waals surface area contributed by atoms with Crippen molar-refractivity contribution in [1.29, 1.82) is 0 Å². The second kappa shape index (κ2) is 4.42. The predicted octanol–water partition coefficient (Wildman–Crippen LogP) is 2.35. The van der Waals surface area contributed by atoms with Crippen LogP contribution in [0.25, 0.3) is 0 Å². The smallest absolute Gasteiger partial charge is 0.128 e. The Kier molecular flexibility index (Phi) is 3.15. The first kappa shape index (κ1) is 11.4. The zero-order valence-electron chi connectivity index (χ0n) is 9.78. The molecule has 2 nitrogen and oxygen atoms in total. The molecule has 1 aromatic carbocycles. The van der Waals surface area contributed by atoms with Gasteiger partial charge in [-0.15, -0.1) is 0 Å². The molecule has 16 heavy (non-hydrogen) atoms. The molecule has 1 N–H and O–H groups in total. The van der Waals surface area contributed by atoms with Crippen LogP contribution in [-0.2, 0) is 6.42 Å². The van der Waals surface area contributed by atoms with Gasteiger partial charge < -0.3 is 10.0 Å². The van der Waals surface area contributed by atoms with E-state index in [1.807, 2.05) is 6.07 Å². The molecule has 2 rings (SSSR count). The quantitative estimate of drug-likeness (QED) is 0.850. The van der Waals surface area contributed by atoms with Crippen molar-refractivity contribution in [2.75, 3.05) is 11.5 Å². The van der Waals surface area contributed by atoms with Crippen LogP contribution in [0, 0.1) is 5.82 Å². The molecule has 1 aliphatic rings. The van der Waals surface area contributed by atoms with Crippen LogP contribution in [-0.4, -0.2) is 23.8 Å². The van der Waals surface area contributed by atoms with Gasteiger partial charge in [0.05, 0.1) is 0 Å². The van der Waals surface area contributed by atoms with Crippen molar-refractivity contribution < 1.29 is 9.50 Å². The summed E-state index contributed by atoms with van der Waals surface area (Å²) < 4.78 is 13.7. The fourth-order valence-corrected chi connectivity index (χ4v) is 2.61. The largest absolute Gasteiger partial charge is 0.396 e. The zero-order chi connectivity index (χ0) is 11.7. The molecule has 1 aliphatic heterocycles. The fraction of sp³-hybridized carbons (Fsp3) is 0.538. The number of halogens is 1. The van der Waals surface area contributed by atoms with Crippen LogP contribution in [0.5, 0.6) is 0 Å². The highest BCUT2D eigenvalue weighted by Crippen LogP contribution is 2.36. The molecule has 0 aliphatic carbocycles. The Labute approximate surface area is 95.7 Å². The summed E-state index contributed by atoms with van der Waals surface area (Å²) in [7, 11) is 0. The van der Waals surface area contributed by atoms with E-state index in [9.17, 15) is 4.39 Å². The number of nitrogens with zero attached hydrogens (tertiary/aromatic N) is 1.